The molecule has 1 unspecified atom stereocenters. The summed E-state index contributed by atoms with van der Waals surface area (Å²) in [4.78, 5) is 25.1. The predicted octanol–water partition coefficient (Wildman–Crippen LogP) is -0.739. The van der Waals surface area contributed by atoms with Crippen LogP contribution in [0.5, 0.6) is 0 Å². The quantitative estimate of drug-likeness (QED) is 0.712. The number of carbonyl (C=O) groups excluding carboxylic acids is 2. The zero-order valence-electron chi connectivity index (χ0n) is 10.4. The number of amides is 2. The summed E-state index contributed by atoms with van der Waals surface area (Å²) in [7, 11) is 1.74. The van der Waals surface area contributed by atoms with Crippen LogP contribution in [-0.4, -0.2) is 55.1 Å². The van der Waals surface area contributed by atoms with Gasteiger partial charge in [-0.3, -0.25) is 9.59 Å². The van der Waals surface area contributed by atoms with Crippen molar-refractivity contribution in [3.63, 3.8) is 0 Å². The first-order chi connectivity index (χ1) is 8.11. The average Bonchev–Trinajstić information content (AvgIpc) is 2.91. The standard InChI is InChI=1S/C11H19N3O3.ClH/c1-14-5-4-8(11(14)16)13-10(15)9-3-2-7(6-12)17-9;/h7-9H,2-6,12H2,1H3,(H,13,15);1H/t7-,8?,9+;/m1./s1. The molecule has 6 nitrogen and oxygen atoms in total. The topological polar surface area (TPSA) is 84.7 Å². The van der Waals surface area contributed by atoms with Crippen molar-refractivity contribution in [3.05, 3.63) is 0 Å². The molecule has 2 heterocycles. The Labute approximate surface area is 113 Å². The Morgan fingerprint density at radius 3 is 2.72 bits per heavy atom. The minimum absolute atomic E-state index is 0. The molecule has 2 aliphatic heterocycles. The summed E-state index contributed by atoms with van der Waals surface area (Å²) < 4.78 is 5.48. The molecule has 7 heteroatoms. The molecule has 0 aromatic heterocycles. The van der Waals surface area contributed by atoms with Crippen LogP contribution in [0.25, 0.3) is 0 Å². The molecule has 18 heavy (non-hydrogen) atoms. The van der Waals surface area contributed by atoms with E-state index in [2.05, 4.69) is 5.32 Å². The third kappa shape index (κ3) is 3.13. The molecule has 0 aromatic rings. The fourth-order valence-corrected chi connectivity index (χ4v) is 2.29. The fourth-order valence-electron chi connectivity index (χ4n) is 2.29. The first-order valence-corrected chi connectivity index (χ1v) is 6.02. The lowest BCUT2D eigenvalue weighted by Crippen LogP contribution is -2.45. The van der Waals surface area contributed by atoms with Gasteiger partial charge in [0.25, 0.3) is 0 Å². The molecule has 0 aromatic carbocycles. The highest BCUT2D eigenvalue weighted by molar-refractivity contribution is 5.90. The highest BCUT2D eigenvalue weighted by Crippen LogP contribution is 2.19. The number of likely N-dealkylation sites (N-methyl/N-ethyl adjacent to an activating group) is 1. The number of nitrogens with two attached hydrogens (primary N) is 1. The van der Waals surface area contributed by atoms with Gasteiger partial charge in [0.15, 0.2) is 0 Å². The molecule has 0 aliphatic carbocycles. The Morgan fingerprint density at radius 1 is 1.50 bits per heavy atom. The Balaban J connectivity index is 0.00000162. The normalized spacial score (nSPS) is 31.3. The molecular formula is C11H20ClN3O3. The summed E-state index contributed by atoms with van der Waals surface area (Å²) in [6.07, 6.45) is 1.71. The smallest absolute Gasteiger partial charge is 0.249 e. The van der Waals surface area contributed by atoms with Crippen LogP contribution in [0, 0.1) is 0 Å². The third-order valence-electron chi connectivity index (χ3n) is 3.41. The number of hydrogen-bond donors (Lipinski definition) is 2. The molecule has 2 saturated heterocycles. The van der Waals surface area contributed by atoms with E-state index in [4.69, 9.17) is 10.5 Å². The van der Waals surface area contributed by atoms with E-state index < -0.39 is 6.10 Å². The zero-order valence-corrected chi connectivity index (χ0v) is 11.2. The number of hydrogen-bond acceptors (Lipinski definition) is 4. The summed E-state index contributed by atoms with van der Waals surface area (Å²) in [5.74, 6) is -0.207. The number of nitrogens with zero attached hydrogens (tertiary/aromatic N) is 1. The predicted molar refractivity (Wildman–Crippen MR) is 68.4 cm³/mol. The third-order valence-corrected chi connectivity index (χ3v) is 3.41. The Kier molecular flexibility index (Phi) is 5.37. The second-order valence-corrected chi connectivity index (χ2v) is 4.67. The zero-order chi connectivity index (χ0) is 12.4. The molecule has 0 bridgehead atoms. The molecule has 2 fully saturated rings. The van der Waals surface area contributed by atoms with Crippen LogP contribution in [-0.2, 0) is 14.3 Å². The van der Waals surface area contributed by atoms with Crippen LogP contribution in [0.1, 0.15) is 19.3 Å². The Hall–Kier alpha value is -0.850. The van der Waals surface area contributed by atoms with Gasteiger partial charge in [-0.25, -0.2) is 0 Å². The van der Waals surface area contributed by atoms with Crippen molar-refractivity contribution in [1.29, 1.82) is 0 Å². The van der Waals surface area contributed by atoms with E-state index in [1.54, 1.807) is 11.9 Å². The van der Waals surface area contributed by atoms with Crippen molar-refractivity contribution < 1.29 is 14.3 Å². The van der Waals surface area contributed by atoms with Gasteiger partial charge in [-0.1, -0.05) is 0 Å². The highest BCUT2D eigenvalue weighted by atomic mass is 35.5. The van der Waals surface area contributed by atoms with E-state index in [0.29, 0.717) is 25.9 Å². The number of likely N-dealkylation sites (tertiary alicyclic amines) is 1. The second kappa shape index (κ2) is 6.36. The summed E-state index contributed by atoms with van der Waals surface area (Å²) in [6, 6.07) is -0.381. The van der Waals surface area contributed by atoms with Gasteiger partial charge in [-0.15, -0.1) is 12.4 Å². The van der Waals surface area contributed by atoms with Crippen LogP contribution in [0.2, 0.25) is 0 Å². The van der Waals surface area contributed by atoms with Gasteiger partial charge < -0.3 is 20.7 Å². The fraction of sp³-hybridized carbons (Fsp3) is 0.818. The number of rotatable bonds is 3. The van der Waals surface area contributed by atoms with Crippen molar-refractivity contribution in [2.24, 2.45) is 5.73 Å². The van der Waals surface area contributed by atoms with Crippen LogP contribution in [0.4, 0.5) is 0 Å². The lowest BCUT2D eigenvalue weighted by molar-refractivity contribution is -0.136. The average molecular weight is 278 g/mol. The van der Waals surface area contributed by atoms with Crippen molar-refractivity contribution in [2.75, 3.05) is 20.1 Å². The molecular weight excluding hydrogens is 258 g/mol. The van der Waals surface area contributed by atoms with Crippen LogP contribution < -0.4 is 11.1 Å². The first kappa shape index (κ1) is 15.2. The van der Waals surface area contributed by atoms with Gasteiger partial charge in [-0.05, 0) is 19.3 Å². The van der Waals surface area contributed by atoms with Gasteiger partial charge in [-0.2, -0.15) is 0 Å². The lowest BCUT2D eigenvalue weighted by Gasteiger charge is -2.16. The molecule has 2 aliphatic rings. The number of halogens is 1. The molecule has 0 saturated carbocycles. The first-order valence-electron chi connectivity index (χ1n) is 6.02. The van der Waals surface area contributed by atoms with E-state index in [-0.39, 0.29) is 36.4 Å². The van der Waals surface area contributed by atoms with Crippen LogP contribution in [0.15, 0.2) is 0 Å². The van der Waals surface area contributed by atoms with Crippen molar-refractivity contribution >= 4 is 24.2 Å². The van der Waals surface area contributed by atoms with Gasteiger partial charge in [0.1, 0.15) is 12.1 Å². The summed E-state index contributed by atoms with van der Waals surface area (Å²) in [6.45, 7) is 1.13. The maximum absolute atomic E-state index is 11.9. The minimum atomic E-state index is -0.442. The van der Waals surface area contributed by atoms with Crippen LogP contribution in [0.3, 0.4) is 0 Å². The van der Waals surface area contributed by atoms with E-state index in [9.17, 15) is 9.59 Å². The van der Waals surface area contributed by atoms with Gasteiger partial charge in [0.05, 0.1) is 6.10 Å². The largest absolute Gasteiger partial charge is 0.364 e. The van der Waals surface area contributed by atoms with Gasteiger partial charge >= 0.3 is 0 Å². The molecule has 3 atom stereocenters. The lowest BCUT2D eigenvalue weighted by atomic mass is 10.1. The van der Waals surface area contributed by atoms with E-state index in [1.165, 1.54) is 0 Å². The summed E-state index contributed by atoms with van der Waals surface area (Å²) in [5.41, 5.74) is 5.48. The van der Waals surface area contributed by atoms with E-state index in [1.807, 2.05) is 0 Å². The second-order valence-electron chi connectivity index (χ2n) is 4.67. The van der Waals surface area contributed by atoms with Crippen LogP contribution >= 0.6 is 12.4 Å². The van der Waals surface area contributed by atoms with E-state index in [0.717, 1.165) is 6.42 Å². The Bertz CT molecular complexity index is 327. The minimum Gasteiger partial charge on any atom is -0.364 e. The SMILES string of the molecule is CN1CCC(NC(=O)[C@@H]2CC[C@H](CN)O2)C1=O.Cl. The molecule has 0 radical (unpaired) electrons. The maximum atomic E-state index is 11.9. The molecule has 2 rings (SSSR count). The number of ether oxygens (including phenoxy) is 1. The Morgan fingerprint density at radius 2 is 2.22 bits per heavy atom. The summed E-state index contributed by atoms with van der Waals surface area (Å²) in [5, 5.41) is 2.75. The highest BCUT2D eigenvalue weighted by Gasteiger charge is 2.35. The van der Waals surface area contributed by atoms with Crippen molar-refractivity contribution in [3.8, 4) is 0 Å². The van der Waals surface area contributed by atoms with Gasteiger partial charge in [0, 0.05) is 20.1 Å². The molecule has 3 N–H and O–H groups in total. The monoisotopic (exact) mass is 277 g/mol. The van der Waals surface area contributed by atoms with Crippen molar-refractivity contribution in [2.45, 2.75) is 37.5 Å². The molecule has 0 spiro atoms. The molecule has 104 valence electrons. The van der Waals surface area contributed by atoms with Gasteiger partial charge in [0.2, 0.25) is 11.8 Å². The molecule has 2 amide bonds. The number of carbonyl (C=O) groups is 2. The maximum Gasteiger partial charge on any atom is 0.249 e. The van der Waals surface area contributed by atoms with E-state index >= 15 is 0 Å². The summed E-state index contributed by atoms with van der Waals surface area (Å²) >= 11 is 0. The van der Waals surface area contributed by atoms with Crippen molar-refractivity contribution in [1.82, 2.24) is 10.2 Å². The number of nitrogens with one attached hydrogen (secondary N) is 1.